The number of amides is 1. The minimum atomic E-state index is -3.03. The summed E-state index contributed by atoms with van der Waals surface area (Å²) in [5.74, 6) is 1.13. The Hall–Kier alpha value is -2.59. The van der Waals surface area contributed by atoms with Crippen molar-refractivity contribution in [3.8, 4) is 17.3 Å². The largest absolute Gasteiger partial charge is 0.461 e. The van der Waals surface area contributed by atoms with Crippen LogP contribution in [-0.4, -0.2) is 52.4 Å². The van der Waals surface area contributed by atoms with E-state index in [9.17, 15) is 13.2 Å². The van der Waals surface area contributed by atoms with Gasteiger partial charge in [-0.25, -0.2) is 8.42 Å². The molecule has 8 nitrogen and oxygen atoms in total. The molecule has 146 valence electrons. The van der Waals surface area contributed by atoms with Crippen LogP contribution in [0.1, 0.15) is 6.42 Å². The van der Waals surface area contributed by atoms with Gasteiger partial charge in [-0.05, 0) is 30.7 Å². The minimum absolute atomic E-state index is 0.00620. The molecule has 28 heavy (non-hydrogen) atoms. The molecule has 3 heterocycles. The van der Waals surface area contributed by atoms with E-state index in [1.165, 1.54) is 11.8 Å². The van der Waals surface area contributed by atoms with Crippen LogP contribution >= 0.6 is 11.8 Å². The van der Waals surface area contributed by atoms with Crippen LogP contribution in [-0.2, 0) is 14.6 Å². The molecule has 1 amide bonds. The lowest BCUT2D eigenvalue weighted by molar-refractivity contribution is -0.119. The summed E-state index contributed by atoms with van der Waals surface area (Å²) in [6.07, 6.45) is 2.02. The lowest BCUT2D eigenvalue weighted by Gasteiger charge is -2.11. The summed E-state index contributed by atoms with van der Waals surface area (Å²) in [7, 11) is -3.03. The van der Waals surface area contributed by atoms with E-state index in [0.29, 0.717) is 23.2 Å². The van der Waals surface area contributed by atoms with Crippen molar-refractivity contribution in [3.05, 3.63) is 48.7 Å². The summed E-state index contributed by atoms with van der Waals surface area (Å²) in [5.41, 5.74) is 0.851. The molecule has 10 heteroatoms. The van der Waals surface area contributed by atoms with E-state index >= 15 is 0 Å². The summed E-state index contributed by atoms with van der Waals surface area (Å²) >= 11 is 1.24. The molecular weight excluding hydrogens is 400 g/mol. The van der Waals surface area contributed by atoms with Crippen molar-refractivity contribution in [1.82, 2.24) is 20.1 Å². The van der Waals surface area contributed by atoms with Gasteiger partial charge in [-0.3, -0.25) is 9.36 Å². The van der Waals surface area contributed by atoms with Crippen molar-refractivity contribution in [1.29, 1.82) is 0 Å². The van der Waals surface area contributed by atoms with Gasteiger partial charge in [0.2, 0.25) is 11.7 Å². The molecule has 1 saturated heterocycles. The second kappa shape index (κ2) is 7.80. The summed E-state index contributed by atoms with van der Waals surface area (Å²) in [5, 5.41) is 11.8. The zero-order valence-electron chi connectivity index (χ0n) is 14.8. The predicted molar refractivity (Wildman–Crippen MR) is 105 cm³/mol. The Kier molecular flexibility index (Phi) is 5.23. The summed E-state index contributed by atoms with van der Waals surface area (Å²) < 4.78 is 30.4. The Labute approximate surface area is 166 Å². The van der Waals surface area contributed by atoms with Crippen LogP contribution in [0.15, 0.2) is 58.3 Å². The Balaban J connectivity index is 1.51. The summed E-state index contributed by atoms with van der Waals surface area (Å²) in [6, 6.07) is 12.8. The second-order valence-corrected chi connectivity index (χ2v) is 9.58. The van der Waals surface area contributed by atoms with Crippen LogP contribution in [0, 0.1) is 0 Å². The van der Waals surface area contributed by atoms with E-state index in [1.54, 1.807) is 18.4 Å². The fraction of sp³-hybridized carbons (Fsp3) is 0.278. The number of nitrogens with one attached hydrogen (secondary N) is 1. The van der Waals surface area contributed by atoms with Gasteiger partial charge in [0.25, 0.3) is 0 Å². The van der Waals surface area contributed by atoms with Crippen molar-refractivity contribution < 1.29 is 17.6 Å². The van der Waals surface area contributed by atoms with Crippen molar-refractivity contribution in [2.24, 2.45) is 0 Å². The van der Waals surface area contributed by atoms with Crippen molar-refractivity contribution in [3.63, 3.8) is 0 Å². The number of carbonyl (C=O) groups excluding carboxylic acids is 1. The summed E-state index contributed by atoms with van der Waals surface area (Å²) in [6.45, 7) is 0. The molecule has 0 radical (unpaired) electrons. The third-order valence-electron chi connectivity index (χ3n) is 4.32. The molecule has 0 saturated carbocycles. The molecule has 0 bridgehead atoms. The first-order chi connectivity index (χ1) is 13.5. The molecular formula is C18H18N4O4S2. The molecule has 1 fully saturated rings. The van der Waals surface area contributed by atoms with E-state index in [-0.39, 0.29) is 29.2 Å². The van der Waals surface area contributed by atoms with Crippen LogP contribution in [0.25, 0.3) is 17.3 Å². The highest BCUT2D eigenvalue weighted by molar-refractivity contribution is 7.99. The SMILES string of the molecule is O=C(CSc1nnc(-c2ccco2)n1-c1ccccc1)N[C@H]1CCS(=O)(=O)C1. The van der Waals surface area contributed by atoms with Gasteiger partial charge in [-0.2, -0.15) is 0 Å². The van der Waals surface area contributed by atoms with Crippen molar-refractivity contribution in [2.45, 2.75) is 17.6 Å². The first-order valence-corrected chi connectivity index (χ1v) is 11.5. The minimum Gasteiger partial charge on any atom is -0.461 e. The lowest BCUT2D eigenvalue weighted by Crippen LogP contribution is -2.36. The number of nitrogens with zero attached hydrogens (tertiary/aromatic N) is 3. The third kappa shape index (κ3) is 4.12. The first kappa shape index (κ1) is 18.8. The van der Waals surface area contributed by atoms with E-state index in [2.05, 4.69) is 15.5 Å². The number of hydrogen-bond donors (Lipinski definition) is 1. The second-order valence-electron chi connectivity index (χ2n) is 6.41. The zero-order valence-corrected chi connectivity index (χ0v) is 16.4. The molecule has 3 aromatic rings. The normalized spacial score (nSPS) is 18.2. The molecule has 1 aromatic carbocycles. The number of benzene rings is 1. The molecule has 0 spiro atoms. The fourth-order valence-corrected chi connectivity index (χ4v) is 5.48. The van der Waals surface area contributed by atoms with E-state index in [1.807, 2.05) is 34.9 Å². The van der Waals surface area contributed by atoms with E-state index < -0.39 is 9.84 Å². The molecule has 0 unspecified atom stereocenters. The molecule has 1 N–H and O–H groups in total. The van der Waals surface area contributed by atoms with Gasteiger partial charge < -0.3 is 9.73 Å². The van der Waals surface area contributed by atoms with Gasteiger partial charge in [0.1, 0.15) is 0 Å². The Morgan fingerprint density at radius 3 is 2.71 bits per heavy atom. The molecule has 1 atom stereocenters. The average molecular weight is 419 g/mol. The lowest BCUT2D eigenvalue weighted by atomic mass is 10.3. The third-order valence-corrected chi connectivity index (χ3v) is 7.02. The fourth-order valence-electron chi connectivity index (χ4n) is 3.05. The molecule has 4 rings (SSSR count). The van der Waals surface area contributed by atoms with Gasteiger partial charge in [-0.1, -0.05) is 30.0 Å². The van der Waals surface area contributed by atoms with Gasteiger partial charge in [0.15, 0.2) is 20.8 Å². The molecule has 2 aromatic heterocycles. The highest BCUT2D eigenvalue weighted by atomic mass is 32.2. The van der Waals surface area contributed by atoms with Crippen LogP contribution in [0.2, 0.25) is 0 Å². The van der Waals surface area contributed by atoms with E-state index in [4.69, 9.17) is 4.42 Å². The first-order valence-electron chi connectivity index (χ1n) is 8.69. The van der Waals surface area contributed by atoms with E-state index in [0.717, 1.165) is 5.69 Å². The number of thioether (sulfide) groups is 1. The van der Waals surface area contributed by atoms with Gasteiger partial charge in [-0.15, -0.1) is 10.2 Å². The maximum atomic E-state index is 12.3. The van der Waals surface area contributed by atoms with Crippen LogP contribution in [0.4, 0.5) is 0 Å². The monoisotopic (exact) mass is 418 g/mol. The standard InChI is InChI=1S/C18H18N4O4S2/c23-16(19-13-8-10-28(24,25)12-13)11-27-18-21-20-17(15-7-4-9-26-15)22(18)14-5-2-1-3-6-14/h1-7,9,13H,8,10-12H2,(H,19,23)/t13-/m0/s1. The molecule has 1 aliphatic rings. The number of aromatic nitrogens is 3. The molecule has 1 aliphatic heterocycles. The maximum absolute atomic E-state index is 12.3. The van der Waals surface area contributed by atoms with Crippen LogP contribution < -0.4 is 5.32 Å². The number of carbonyl (C=O) groups is 1. The number of hydrogen-bond acceptors (Lipinski definition) is 7. The summed E-state index contributed by atoms with van der Waals surface area (Å²) in [4.78, 5) is 12.3. The smallest absolute Gasteiger partial charge is 0.230 e. The molecule has 0 aliphatic carbocycles. The van der Waals surface area contributed by atoms with Crippen molar-refractivity contribution >= 4 is 27.5 Å². The Morgan fingerprint density at radius 2 is 2.04 bits per heavy atom. The highest BCUT2D eigenvalue weighted by Gasteiger charge is 2.29. The predicted octanol–water partition coefficient (Wildman–Crippen LogP) is 1.92. The van der Waals surface area contributed by atoms with Crippen LogP contribution in [0.3, 0.4) is 0 Å². The quantitative estimate of drug-likeness (QED) is 0.610. The Morgan fingerprint density at radius 1 is 1.21 bits per heavy atom. The topological polar surface area (TPSA) is 107 Å². The van der Waals surface area contributed by atoms with Gasteiger partial charge >= 0.3 is 0 Å². The van der Waals surface area contributed by atoms with Gasteiger partial charge in [0, 0.05) is 11.7 Å². The van der Waals surface area contributed by atoms with Crippen LogP contribution in [0.5, 0.6) is 0 Å². The maximum Gasteiger partial charge on any atom is 0.230 e. The zero-order chi connectivity index (χ0) is 19.6. The highest BCUT2D eigenvalue weighted by Crippen LogP contribution is 2.28. The van der Waals surface area contributed by atoms with Crippen molar-refractivity contribution in [2.75, 3.05) is 17.3 Å². The van der Waals surface area contributed by atoms with Gasteiger partial charge in [0.05, 0.1) is 23.5 Å². The number of sulfone groups is 1. The average Bonchev–Trinajstić information content (AvgIpc) is 3.40. The number of para-hydroxylation sites is 1. The number of rotatable bonds is 6. The number of furan rings is 1. The Bertz CT molecular complexity index is 1060.